The van der Waals surface area contributed by atoms with Gasteiger partial charge in [-0.2, -0.15) is 5.26 Å². The molecule has 9 nitrogen and oxygen atoms in total. The van der Waals surface area contributed by atoms with Crippen LogP contribution in [0.5, 0.6) is 5.88 Å². The maximum Gasteiger partial charge on any atom is 0.262 e. The number of methoxy groups -OCH3 is 1. The number of aryl methyl sites for hydroxylation is 1. The largest absolute Gasteiger partial charge is 0.479 e. The lowest BCUT2D eigenvalue weighted by Crippen LogP contribution is -2.43. The topological polar surface area (TPSA) is 108 Å². The Morgan fingerprint density at radius 2 is 2.20 bits per heavy atom. The van der Waals surface area contributed by atoms with Crippen LogP contribution in [0.1, 0.15) is 16.1 Å². The summed E-state index contributed by atoms with van der Waals surface area (Å²) >= 11 is 0. The van der Waals surface area contributed by atoms with Crippen LogP contribution >= 0.6 is 0 Å². The average Bonchev–Trinajstić information content (AvgIpc) is 3.03. The summed E-state index contributed by atoms with van der Waals surface area (Å²) in [6, 6.07) is 3.58. The van der Waals surface area contributed by atoms with Crippen molar-refractivity contribution in [2.24, 2.45) is 7.05 Å². The SMILES string of the molecule is COc1nn(C)cc1C(=O)Nc1cc(C#N)ncc1N1CCNCC1. The monoisotopic (exact) mass is 341 g/mol. The van der Waals surface area contributed by atoms with E-state index < -0.39 is 0 Å². The van der Waals surface area contributed by atoms with E-state index in [9.17, 15) is 4.79 Å². The molecule has 1 aliphatic heterocycles. The van der Waals surface area contributed by atoms with E-state index >= 15 is 0 Å². The van der Waals surface area contributed by atoms with Crippen LogP contribution in [0.15, 0.2) is 18.5 Å². The number of carbonyl (C=O) groups is 1. The van der Waals surface area contributed by atoms with Crippen molar-refractivity contribution in [3.05, 3.63) is 29.7 Å². The van der Waals surface area contributed by atoms with E-state index in [-0.39, 0.29) is 17.5 Å². The third-order valence-electron chi connectivity index (χ3n) is 3.94. The molecule has 3 heterocycles. The minimum absolute atomic E-state index is 0.243. The lowest BCUT2D eigenvalue weighted by atomic mass is 10.2. The van der Waals surface area contributed by atoms with E-state index in [1.807, 2.05) is 6.07 Å². The smallest absolute Gasteiger partial charge is 0.262 e. The minimum atomic E-state index is -0.351. The standard InChI is InChI=1S/C16H19N7O2/c1-22-10-12(16(21-22)25-2)15(24)20-13-7-11(8-17)19-9-14(13)23-5-3-18-4-6-23/h7,9-10,18H,3-6H2,1-2H3,(H,19,20,24). The highest BCUT2D eigenvalue weighted by molar-refractivity contribution is 6.07. The molecule has 130 valence electrons. The van der Waals surface area contributed by atoms with Gasteiger partial charge in [-0.25, -0.2) is 4.98 Å². The third kappa shape index (κ3) is 3.54. The first-order valence-corrected chi connectivity index (χ1v) is 7.87. The quantitative estimate of drug-likeness (QED) is 0.826. The number of nitriles is 1. The van der Waals surface area contributed by atoms with Crippen LogP contribution < -0.4 is 20.3 Å². The highest BCUT2D eigenvalue weighted by Crippen LogP contribution is 2.27. The van der Waals surface area contributed by atoms with Gasteiger partial charge in [0.15, 0.2) is 0 Å². The molecule has 2 aromatic heterocycles. The van der Waals surface area contributed by atoms with Crippen molar-refractivity contribution in [3.8, 4) is 11.9 Å². The van der Waals surface area contributed by atoms with Gasteiger partial charge in [0.2, 0.25) is 5.88 Å². The van der Waals surface area contributed by atoms with E-state index in [1.165, 1.54) is 11.8 Å². The molecule has 25 heavy (non-hydrogen) atoms. The number of hydrogen-bond acceptors (Lipinski definition) is 7. The van der Waals surface area contributed by atoms with Crippen molar-refractivity contribution in [3.63, 3.8) is 0 Å². The number of hydrogen-bond donors (Lipinski definition) is 2. The van der Waals surface area contributed by atoms with Gasteiger partial charge < -0.3 is 20.3 Å². The van der Waals surface area contributed by atoms with E-state index in [2.05, 4.69) is 25.6 Å². The second kappa shape index (κ2) is 7.19. The van der Waals surface area contributed by atoms with Crippen LogP contribution in [-0.2, 0) is 7.05 Å². The highest BCUT2D eigenvalue weighted by Gasteiger charge is 2.21. The molecule has 1 fully saturated rings. The number of aromatic nitrogens is 3. The van der Waals surface area contributed by atoms with E-state index in [1.54, 1.807) is 25.5 Å². The zero-order chi connectivity index (χ0) is 17.8. The number of ether oxygens (including phenoxy) is 1. The molecule has 2 aromatic rings. The third-order valence-corrected chi connectivity index (χ3v) is 3.94. The normalized spacial score (nSPS) is 14.0. The van der Waals surface area contributed by atoms with E-state index in [4.69, 9.17) is 10.00 Å². The summed E-state index contributed by atoms with van der Waals surface area (Å²) in [5, 5.41) is 19.3. The second-order valence-electron chi connectivity index (χ2n) is 5.62. The summed E-state index contributed by atoms with van der Waals surface area (Å²) in [6.45, 7) is 3.30. The molecule has 0 aliphatic carbocycles. The van der Waals surface area contributed by atoms with Gasteiger partial charge in [-0.3, -0.25) is 9.48 Å². The second-order valence-corrected chi connectivity index (χ2v) is 5.62. The Bertz CT molecular complexity index is 818. The zero-order valence-corrected chi connectivity index (χ0v) is 14.1. The molecule has 0 bridgehead atoms. The first-order chi connectivity index (χ1) is 12.1. The fourth-order valence-electron chi connectivity index (χ4n) is 2.73. The molecule has 0 radical (unpaired) electrons. The number of rotatable bonds is 4. The molecule has 0 saturated carbocycles. The van der Waals surface area contributed by atoms with Crippen LogP contribution in [0.25, 0.3) is 0 Å². The molecule has 1 saturated heterocycles. The van der Waals surface area contributed by atoms with Gasteiger partial charge in [-0.1, -0.05) is 0 Å². The zero-order valence-electron chi connectivity index (χ0n) is 14.1. The lowest BCUT2D eigenvalue weighted by molar-refractivity contribution is 0.102. The number of carbonyl (C=O) groups excluding carboxylic acids is 1. The van der Waals surface area contributed by atoms with Crippen molar-refractivity contribution in [1.82, 2.24) is 20.1 Å². The summed E-state index contributed by atoms with van der Waals surface area (Å²) < 4.78 is 6.65. The number of piperazine rings is 1. The first kappa shape index (κ1) is 16.7. The van der Waals surface area contributed by atoms with Gasteiger partial charge in [-0.15, -0.1) is 5.10 Å². The van der Waals surface area contributed by atoms with Crippen molar-refractivity contribution >= 4 is 17.3 Å². The number of nitrogens with zero attached hydrogens (tertiary/aromatic N) is 5. The van der Waals surface area contributed by atoms with Crippen LogP contribution in [0.2, 0.25) is 0 Å². The van der Waals surface area contributed by atoms with Crippen molar-refractivity contribution in [2.45, 2.75) is 0 Å². The van der Waals surface area contributed by atoms with Gasteiger partial charge in [0.05, 0.1) is 24.7 Å². The van der Waals surface area contributed by atoms with Crippen LogP contribution in [-0.4, -0.2) is 54.0 Å². The Labute approximate surface area is 145 Å². The molecule has 1 amide bonds. The minimum Gasteiger partial charge on any atom is -0.479 e. The number of anilines is 2. The predicted octanol–water partition coefficient (Wildman–Crippen LogP) is 0.357. The Kier molecular flexibility index (Phi) is 4.81. The Morgan fingerprint density at radius 1 is 1.44 bits per heavy atom. The molecule has 0 aromatic carbocycles. The molecule has 0 spiro atoms. The summed E-state index contributed by atoms with van der Waals surface area (Å²) in [5.74, 6) is -0.102. The first-order valence-electron chi connectivity index (χ1n) is 7.87. The number of pyridine rings is 1. The van der Waals surface area contributed by atoms with E-state index in [0.29, 0.717) is 11.3 Å². The number of amides is 1. The van der Waals surface area contributed by atoms with Gasteiger partial charge in [0.1, 0.15) is 17.3 Å². The molecule has 0 atom stereocenters. The Balaban J connectivity index is 1.92. The predicted molar refractivity (Wildman–Crippen MR) is 91.7 cm³/mol. The summed E-state index contributed by atoms with van der Waals surface area (Å²) in [5.41, 5.74) is 1.90. The molecular formula is C16H19N7O2. The van der Waals surface area contributed by atoms with Gasteiger partial charge >= 0.3 is 0 Å². The van der Waals surface area contributed by atoms with Crippen molar-refractivity contribution in [2.75, 3.05) is 43.5 Å². The highest BCUT2D eigenvalue weighted by atomic mass is 16.5. The van der Waals surface area contributed by atoms with Gasteiger partial charge in [0, 0.05) is 45.5 Å². The molecule has 2 N–H and O–H groups in total. The van der Waals surface area contributed by atoms with Crippen LogP contribution in [0.3, 0.4) is 0 Å². The molecular weight excluding hydrogens is 322 g/mol. The molecule has 0 unspecified atom stereocenters. The molecule has 3 rings (SSSR count). The number of nitrogens with one attached hydrogen (secondary N) is 2. The summed E-state index contributed by atoms with van der Waals surface area (Å²) in [4.78, 5) is 18.9. The molecule has 9 heteroatoms. The Hall–Kier alpha value is -3.12. The lowest BCUT2D eigenvalue weighted by Gasteiger charge is -2.30. The summed E-state index contributed by atoms with van der Waals surface area (Å²) in [7, 11) is 3.18. The fraction of sp³-hybridized carbons (Fsp3) is 0.375. The van der Waals surface area contributed by atoms with Crippen molar-refractivity contribution in [1.29, 1.82) is 5.26 Å². The van der Waals surface area contributed by atoms with E-state index in [0.717, 1.165) is 31.9 Å². The van der Waals surface area contributed by atoms with Crippen LogP contribution in [0, 0.1) is 11.3 Å². The maximum atomic E-state index is 12.7. The summed E-state index contributed by atoms with van der Waals surface area (Å²) in [6.07, 6.45) is 3.21. The average molecular weight is 341 g/mol. The van der Waals surface area contributed by atoms with Gasteiger partial charge in [-0.05, 0) is 0 Å². The van der Waals surface area contributed by atoms with Gasteiger partial charge in [0.25, 0.3) is 5.91 Å². The van der Waals surface area contributed by atoms with Crippen molar-refractivity contribution < 1.29 is 9.53 Å². The van der Waals surface area contributed by atoms with Crippen LogP contribution in [0.4, 0.5) is 11.4 Å². The fourth-order valence-corrected chi connectivity index (χ4v) is 2.73. The molecule has 1 aliphatic rings. The Morgan fingerprint density at radius 3 is 2.88 bits per heavy atom. The maximum absolute atomic E-state index is 12.7.